The van der Waals surface area contributed by atoms with E-state index in [1.807, 2.05) is 23.9 Å². The van der Waals surface area contributed by atoms with Gasteiger partial charge in [-0.25, -0.2) is 0 Å². The average Bonchev–Trinajstić information content (AvgIpc) is 2.76. The van der Waals surface area contributed by atoms with E-state index in [0.29, 0.717) is 18.9 Å². The van der Waals surface area contributed by atoms with Crippen molar-refractivity contribution in [2.45, 2.75) is 58.3 Å². The van der Waals surface area contributed by atoms with Crippen molar-refractivity contribution >= 4 is 0 Å². The highest BCUT2D eigenvalue weighted by atomic mass is 16.5. The summed E-state index contributed by atoms with van der Waals surface area (Å²) in [4.78, 5) is 0. The van der Waals surface area contributed by atoms with E-state index in [1.54, 1.807) is 7.11 Å². The number of aliphatic hydroxyl groups is 1. The summed E-state index contributed by atoms with van der Waals surface area (Å²) in [7, 11) is 1.66. The van der Waals surface area contributed by atoms with Crippen LogP contribution in [0.3, 0.4) is 0 Å². The number of methoxy groups -OCH3 is 1. The Balaban J connectivity index is 2.48. The van der Waals surface area contributed by atoms with Gasteiger partial charge in [0, 0.05) is 25.8 Å². The number of hydrogen-bond acceptors (Lipinski definition) is 3. The molecule has 0 amide bonds. The van der Waals surface area contributed by atoms with Crippen LogP contribution in [0.4, 0.5) is 0 Å². The van der Waals surface area contributed by atoms with Gasteiger partial charge in [-0.3, -0.25) is 4.68 Å². The Hall–Kier alpha value is -0.870. The zero-order valence-electron chi connectivity index (χ0n) is 11.3. The number of hydrogen-bond donors (Lipinski definition) is 1. The predicted octanol–water partition coefficient (Wildman–Crippen LogP) is 2.18. The molecule has 0 radical (unpaired) electrons. The summed E-state index contributed by atoms with van der Waals surface area (Å²) in [5, 5.41) is 14.3. The minimum atomic E-state index is -0.384. The van der Waals surface area contributed by atoms with Crippen LogP contribution in [0.2, 0.25) is 0 Å². The maximum atomic E-state index is 9.88. The van der Waals surface area contributed by atoms with Gasteiger partial charge in [-0.05, 0) is 32.8 Å². The molecule has 3 unspecified atom stereocenters. The normalized spacial score (nSPS) is 16.8. The van der Waals surface area contributed by atoms with Gasteiger partial charge in [0.1, 0.15) is 0 Å². The predicted molar refractivity (Wildman–Crippen MR) is 68.0 cm³/mol. The van der Waals surface area contributed by atoms with Crippen LogP contribution in [0.25, 0.3) is 0 Å². The Morgan fingerprint density at radius 2 is 2.18 bits per heavy atom. The van der Waals surface area contributed by atoms with E-state index in [0.717, 1.165) is 12.1 Å². The lowest BCUT2D eigenvalue weighted by atomic mass is 10.1. The number of aromatic nitrogens is 2. The molecule has 3 atom stereocenters. The smallest absolute Gasteiger partial charge is 0.0650 e. The van der Waals surface area contributed by atoms with Crippen LogP contribution in [-0.2, 0) is 11.2 Å². The van der Waals surface area contributed by atoms with Crippen molar-refractivity contribution in [2.75, 3.05) is 7.11 Å². The van der Waals surface area contributed by atoms with Crippen LogP contribution < -0.4 is 0 Å². The van der Waals surface area contributed by atoms with E-state index in [1.165, 1.54) is 0 Å². The first-order chi connectivity index (χ1) is 8.06. The quantitative estimate of drug-likeness (QED) is 0.794. The van der Waals surface area contributed by atoms with Crippen LogP contribution in [0.15, 0.2) is 12.3 Å². The number of rotatable bonds is 7. The fourth-order valence-corrected chi connectivity index (χ4v) is 1.72. The first-order valence-corrected chi connectivity index (χ1v) is 6.31. The van der Waals surface area contributed by atoms with Crippen molar-refractivity contribution in [3.8, 4) is 0 Å². The van der Waals surface area contributed by atoms with Gasteiger partial charge < -0.3 is 9.84 Å². The van der Waals surface area contributed by atoms with Gasteiger partial charge in [0.05, 0.1) is 17.9 Å². The number of ether oxygens (including phenoxy) is 1. The summed E-state index contributed by atoms with van der Waals surface area (Å²) >= 11 is 0. The molecule has 0 aromatic carbocycles. The minimum absolute atomic E-state index is 0.0849. The van der Waals surface area contributed by atoms with E-state index < -0.39 is 0 Å². The third-order valence-corrected chi connectivity index (χ3v) is 3.16. The summed E-state index contributed by atoms with van der Waals surface area (Å²) < 4.78 is 7.09. The highest BCUT2D eigenvalue weighted by Crippen LogP contribution is 2.12. The monoisotopic (exact) mass is 240 g/mol. The molecule has 0 bridgehead atoms. The summed E-state index contributed by atoms with van der Waals surface area (Å²) in [6.07, 6.45) is 3.98. The Labute approximate surface area is 104 Å². The third-order valence-electron chi connectivity index (χ3n) is 3.16. The molecule has 0 saturated carbocycles. The van der Waals surface area contributed by atoms with Crippen molar-refractivity contribution in [3.63, 3.8) is 0 Å². The van der Waals surface area contributed by atoms with Crippen LogP contribution in [0, 0.1) is 0 Å². The van der Waals surface area contributed by atoms with Gasteiger partial charge in [-0.1, -0.05) is 6.92 Å². The number of nitrogens with zero attached hydrogens (tertiary/aromatic N) is 2. The second-order valence-corrected chi connectivity index (χ2v) is 4.68. The fraction of sp³-hybridized carbons (Fsp3) is 0.769. The van der Waals surface area contributed by atoms with Crippen LogP contribution in [0.5, 0.6) is 0 Å². The zero-order chi connectivity index (χ0) is 12.8. The molecule has 0 saturated heterocycles. The molecule has 4 heteroatoms. The average molecular weight is 240 g/mol. The van der Waals surface area contributed by atoms with Gasteiger partial charge in [0.2, 0.25) is 0 Å². The highest BCUT2D eigenvalue weighted by Gasteiger charge is 2.12. The molecule has 17 heavy (non-hydrogen) atoms. The largest absolute Gasteiger partial charge is 0.393 e. The Morgan fingerprint density at radius 3 is 2.76 bits per heavy atom. The van der Waals surface area contributed by atoms with Gasteiger partial charge >= 0.3 is 0 Å². The van der Waals surface area contributed by atoms with Crippen LogP contribution in [-0.4, -0.2) is 34.2 Å². The molecule has 0 spiro atoms. The maximum absolute atomic E-state index is 9.88. The maximum Gasteiger partial charge on any atom is 0.0650 e. The second kappa shape index (κ2) is 6.77. The molecular formula is C13H24N2O2. The van der Waals surface area contributed by atoms with Gasteiger partial charge in [-0.2, -0.15) is 5.10 Å². The van der Waals surface area contributed by atoms with E-state index in [-0.39, 0.29) is 12.2 Å². The Bertz CT molecular complexity index is 325. The Morgan fingerprint density at radius 1 is 1.47 bits per heavy atom. The summed E-state index contributed by atoms with van der Waals surface area (Å²) in [6, 6.07) is 2.39. The third kappa shape index (κ3) is 4.48. The molecule has 0 aliphatic rings. The van der Waals surface area contributed by atoms with E-state index in [2.05, 4.69) is 18.9 Å². The van der Waals surface area contributed by atoms with Crippen molar-refractivity contribution in [1.29, 1.82) is 0 Å². The molecule has 1 heterocycles. The minimum Gasteiger partial charge on any atom is -0.393 e. The molecular weight excluding hydrogens is 216 g/mol. The lowest BCUT2D eigenvalue weighted by Crippen LogP contribution is -2.19. The standard InChI is InChI=1S/C13H24N2O2/c1-5-10(2)15-7-6-12(14-15)9-13(16)8-11(3)17-4/h6-7,10-11,13,16H,5,8-9H2,1-4H3. The fourth-order valence-electron chi connectivity index (χ4n) is 1.72. The van der Waals surface area contributed by atoms with Crippen LogP contribution in [0.1, 0.15) is 45.3 Å². The first-order valence-electron chi connectivity index (χ1n) is 6.31. The summed E-state index contributed by atoms with van der Waals surface area (Å²) in [5.74, 6) is 0. The van der Waals surface area contributed by atoms with Crippen molar-refractivity contribution in [3.05, 3.63) is 18.0 Å². The zero-order valence-corrected chi connectivity index (χ0v) is 11.3. The van der Waals surface area contributed by atoms with Gasteiger partial charge in [0.15, 0.2) is 0 Å². The molecule has 1 aromatic heterocycles. The molecule has 4 nitrogen and oxygen atoms in total. The van der Waals surface area contributed by atoms with E-state index >= 15 is 0 Å². The molecule has 1 N–H and O–H groups in total. The molecule has 0 aliphatic heterocycles. The van der Waals surface area contributed by atoms with E-state index in [9.17, 15) is 5.11 Å². The summed E-state index contributed by atoms with van der Waals surface area (Å²) in [6.45, 7) is 6.24. The topological polar surface area (TPSA) is 47.3 Å². The van der Waals surface area contributed by atoms with Crippen molar-refractivity contribution in [2.24, 2.45) is 0 Å². The van der Waals surface area contributed by atoms with Gasteiger partial charge in [0.25, 0.3) is 0 Å². The molecule has 1 aromatic rings. The SMILES string of the molecule is CCC(C)n1ccc(CC(O)CC(C)OC)n1. The highest BCUT2D eigenvalue weighted by molar-refractivity contribution is 5.01. The second-order valence-electron chi connectivity index (χ2n) is 4.68. The summed E-state index contributed by atoms with van der Waals surface area (Å²) in [5.41, 5.74) is 0.945. The Kier molecular flexibility index (Phi) is 5.65. The molecule has 1 rings (SSSR count). The first kappa shape index (κ1) is 14.2. The molecule has 98 valence electrons. The van der Waals surface area contributed by atoms with E-state index in [4.69, 9.17) is 4.74 Å². The number of aliphatic hydroxyl groups excluding tert-OH is 1. The van der Waals surface area contributed by atoms with Crippen molar-refractivity contribution < 1.29 is 9.84 Å². The molecule has 0 fully saturated rings. The lowest BCUT2D eigenvalue weighted by Gasteiger charge is -2.14. The molecule has 0 aliphatic carbocycles. The van der Waals surface area contributed by atoms with Crippen LogP contribution >= 0.6 is 0 Å². The lowest BCUT2D eigenvalue weighted by molar-refractivity contribution is 0.0561. The van der Waals surface area contributed by atoms with Gasteiger partial charge in [-0.15, -0.1) is 0 Å². The van der Waals surface area contributed by atoms with Crippen molar-refractivity contribution in [1.82, 2.24) is 9.78 Å².